The van der Waals surface area contributed by atoms with E-state index in [4.69, 9.17) is 4.74 Å². The highest BCUT2D eigenvalue weighted by atomic mass is 16.5. The van der Waals surface area contributed by atoms with Gasteiger partial charge < -0.3 is 10.1 Å². The van der Waals surface area contributed by atoms with E-state index in [-0.39, 0.29) is 12.5 Å². The number of hydrogen-bond acceptors (Lipinski definition) is 3. The number of aryl methyl sites for hydroxylation is 5. The number of hydrogen-bond donors (Lipinski definition) is 1. The molecule has 1 amide bonds. The number of aromatic nitrogens is 1. The third kappa shape index (κ3) is 3.85. The van der Waals surface area contributed by atoms with Crippen molar-refractivity contribution in [3.05, 3.63) is 52.3 Å². The Morgan fingerprint density at radius 3 is 2.41 bits per heavy atom. The molecular weight excluding hydrogens is 276 g/mol. The lowest BCUT2D eigenvalue weighted by Crippen LogP contribution is -2.21. The molecule has 0 atom stereocenters. The fraction of sp³-hybridized carbons (Fsp3) is 0.333. The summed E-state index contributed by atoms with van der Waals surface area (Å²) in [5.41, 5.74) is 5.88. The molecule has 116 valence electrons. The third-order valence-electron chi connectivity index (χ3n) is 3.64. The van der Waals surface area contributed by atoms with Crippen LogP contribution in [0.3, 0.4) is 0 Å². The maximum Gasteiger partial charge on any atom is 0.262 e. The van der Waals surface area contributed by atoms with Crippen LogP contribution in [0.25, 0.3) is 0 Å². The fourth-order valence-electron chi connectivity index (χ4n) is 2.34. The highest BCUT2D eigenvalue weighted by Crippen LogP contribution is 2.20. The van der Waals surface area contributed by atoms with Crippen LogP contribution >= 0.6 is 0 Å². The van der Waals surface area contributed by atoms with Gasteiger partial charge in [0.1, 0.15) is 5.75 Å². The zero-order chi connectivity index (χ0) is 16.3. The van der Waals surface area contributed by atoms with Gasteiger partial charge in [0.2, 0.25) is 0 Å². The number of carbonyl (C=O) groups excluding carboxylic acids is 1. The van der Waals surface area contributed by atoms with Gasteiger partial charge in [0.25, 0.3) is 5.91 Å². The first-order valence-corrected chi connectivity index (χ1v) is 7.31. The Kier molecular flexibility index (Phi) is 4.81. The summed E-state index contributed by atoms with van der Waals surface area (Å²) in [5, 5.41) is 2.88. The van der Waals surface area contributed by atoms with Gasteiger partial charge >= 0.3 is 0 Å². The van der Waals surface area contributed by atoms with Crippen LogP contribution in [-0.4, -0.2) is 17.5 Å². The summed E-state index contributed by atoms with van der Waals surface area (Å²) in [4.78, 5) is 16.4. The third-order valence-corrected chi connectivity index (χ3v) is 3.64. The Bertz CT molecular complexity index is 685. The normalized spacial score (nSPS) is 10.4. The van der Waals surface area contributed by atoms with Crippen molar-refractivity contribution in [3.8, 4) is 5.75 Å². The SMILES string of the molecule is Cc1cc(C)c(NC(=O)COc2ccc(C)c(C)c2)c(C)n1. The fourth-order valence-corrected chi connectivity index (χ4v) is 2.34. The van der Waals surface area contributed by atoms with Gasteiger partial charge in [-0.05, 0) is 69.5 Å². The smallest absolute Gasteiger partial charge is 0.262 e. The lowest BCUT2D eigenvalue weighted by Gasteiger charge is -2.13. The molecule has 22 heavy (non-hydrogen) atoms. The number of pyridine rings is 1. The molecule has 1 aromatic carbocycles. The monoisotopic (exact) mass is 298 g/mol. The van der Waals surface area contributed by atoms with Crippen molar-refractivity contribution < 1.29 is 9.53 Å². The Labute approximate surface area is 131 Å². The van der Waals surface area contributed by atoms with Gasteiger partial charge in [-0.1, -0.05) is 6.07 Å². The van der Waals surface area contributed by atoms with Gasteiger partial charge in [-0.15, -0.1) is 0 Å². The van der Waals surface area contributed by atoms with E-state index >= 15 is 0 Å². The number of benzene rings is 1. The lowest BCUT2D eigenvalue weighted by molar-refractivity contribution is -0.118. The summed E-state index contributed by atoms with van der Waals surface area (Å²) in [7, 11) is 0. The summed E-state index contributed by atoms with van der Waals surface area (Å²) in [5.74, 6) is 0.517. The Morgan fingerprint density at radius 2 is 1.77 bits per heavy atom. The second-order valence-electron chi connectivity index (χ2n) is 5.62. The van der Waals surface area contributed by atoms with E-state index in [1.54, 1.807) is 0 Å². The summed E-state index contributed by atoms with van der Waals surface area (Å²) in [6.45, 7) is 9.83. The largest absolute Gasteiger partial charge is 0.484 e. The van der Waals surface area contributed by atoms with Crippen LogP contribution in [-0.2, 0) is 4.79 Å². The first kappa shape index (κ1) is 16.0. The molecule has 0 saturated carbocycles. The van der Waals surface area contributed by atoms with Crippen LogP contribution in [0, 0.1) is 34.6 Å². The van der Waals surface area contributed by atoms with E-state index in [9.17, 15) is 4.79 Å². The molecule has 0 spiro atoms. The summed E-state index contributed by atoms with van der Waals surface area (Å²) >= 11 is 0. The van der Waals surface area contributed by atoms with Crippen molar-refractivity contribution >= 4 is 11.6 Å². The van der Waals surface area contributed by atoms with Crippen LogP contribution in [0.2, 0.25) is 0 Å². The van der Waals surface area contributed by atoms with Crippen LogP contribution < -0.4 is 10.1 Å². The van der Waals surface area contributed by atoms with Gasteiger partial charge in [0.05, 0.1) is 11.4 Å². The molecule has 2 aromatic rings. The number of amides is 1. The molecule has 0 aliphatic heterocycles. The predicted molar refractivity (Wildman–Crippen MR) is 88.5 cm³/mol. The minimum atomic E-state index is -0.185. The highest BCUT2D eigenvalue weighted by Gasteiger charge is 2.10. The summed E-state index contributed by atoms with van der Waals surface area (Å²) in [6.07, 6.45) is 0. The minimum Gasteiger partial charge on any atom is -0.484 e. The molecular formula is C18H22N2O2. The molecule has 2 rings (SSSR count). The van der Waals surface area contributed by atoms with E-state index in [1.807, 2.05) is 58.9 Å². The van der Waals surface area contributed by atoms with Gasteiger partial charge in [-0.25, -0.2) is 0 Å². The zero-order valence-corrected chi connectivity index (χ0v) is 13.8. The molecule has 0 aliphatic rings. The quantitative estimate of drug-likeness (QED) is 0.937. The highest BCUT2D eigenvalue weighted by molar-refractivity contribution is 5.93. The number of rotatable bonds is 4. The number of nitrogens with zero attached hydrogens (tertiary/aromatic N) is 1. The van der Waals surface area contributed by atoms with Crippen molar-refractivity contribution in [2.24, 2.45) is 0 Å². The van der Waals surface area contributed by atoms with Crippen molar-refractivity contribution in [1.82, 2.24) is 4.98 Å². The maximum absolute atomic E-state index is 12.1. The van der Waals surface area contributed by atoms with Gasteiger partial charge in [0, 0.05) is 5.69 Å². The Hall–Kier alpha value is -2.36. The molecule has 0 unspecified atom stereocenters. The maximum atomic E-state index is 12.1. The zero-order valence-electron chi connectivity index (χ0n) is 13.8. The molecule has 4 nitrogen and oxygen atoms in total. The van der Waals surface area contributed by atoms with E-state index in [1.165, 1.54) is 5.56 Å². The van der Waals surface area contributed by atoms with E-state index in [2.05, 4.69) is 10.3 Å². The first-order chi connectivity index (χ1) is 10.4. The van der Waals surface area contributed by atoms with Crippen LogP contribution in [0.4, 0.5) is 5.69 Å². The molecule has 0 saturated heterocycles. The molecule has 0 fully saturated rings. The predicted octanol–water partition coefficient (Wildman–Crippen LogP) is 3.64. The Balaban J connectivity index is 2.00. The molecule has 1 N–H and O–H groups in total. The van der Waals surface area contributed by atoms with Crippen molar-refractivity contribution in [2.45, 2.75) is 34.6 Å². The standard InChI is InChI=1S/C18H22N2O2/c1-11-6-7-16(9-12(11)2)22-10-17(21)20-18-13(3)8-14(4)19-15(18)5/h6-9H,10H2,1-5H3,(H,20,21). The molecule has 4 heteroatoms. The summed E-state index contributed by atoms with van der Waals surface area (Å²) in [6, 6.07) is 7.75. The second-order valence-corrected chi connectivity index (χ2v) is 5.62. The van der Waals surface area contributed by atoms with Crippen LogP contribution in [0.15, 0.2) is 24.3 Å². The number of ether oxygens (including phenoxy) is 1. The summed E-state index contributed by atoms with van der Waals surface area (Å²) < 4.78 is 5.55. The van der Waals surface area contributed by atoms with Gasteiger partial charge in [-0.2, -0.15) is 0 Å². The minimum absolute atomic E-state index is 0.0186. The van der Waals surface area contributed by atoms with Gasteiger partial charge in [0.15, 0.2) is 6.61 Å². The average Bonchev–Trinajstić information content (AvgIpc) is 2.44. The second kappa shape index (κ2) is 6.60. The molecule has 1 heterocycles. The van der Waals surface area contributed by atoms with Crippen LogP contribution in [0.5, 0.6) is 5.75 Å². The van der Waals surface area contributed by atoms with Gasteiger partial charge in [-0.3, -0.25) is 9.78 Å². The molecule has 0 radical (unpaired) electrons. The Morgan fingerprint density at radius 1 is 1.05 bits per heavy atom. The van der Waals surface area contributed by atoms with E-state index in [0.717, 1.165) is 28.2 Å². The van der Waals surface area contributed by atoms with Crippen LogP contribution in [0.1, 0.15) is 28.1 Å². The molecule has 0 aliphatic carbocycles. The molecule has 1 aromatic heterocycles. The topological polar surface area (TPSA) is 51.2 Å². The number of anilines is 1. The van der Waals surface area contributed by atoms with E-state index < -0.39 is 0 Å². The number of carbonyl (C=O) groups is 1. The van der Waals surface area contributed by atoms with Crippen molar-refractivity contribution in [2.75, 3.05) is 11.9 Å². The van der Waals surface area contributed by atoms with Crippen molar-refractivity contribution in [1.29, 1.82) is 0 Å². The number of nitrogens with one attached hydrogen (secondary N) is 1. The lowest BCUT2D eigenvalue weighted by atomic mass is 10.1. The average molecular weight is 298 g/mol. The molecule has 0 bridgehead atoms. The first-order valence-electron chi connectivity index (χ1n) is 7.31. The van der Waals surface area contributed by atoms with Crippen molar-refractivity contribution in [3.63, 3.8) is 0 Å². The van der Waals surface area contributed by atoms with E-state index in [0.29, 0.717) is 5.75 Å².